The number of aromatic nitrogens is 2. The Hall–Kier alpha value is -2.55. The van der Waals surface area contributed by atoms with Gasteiger partial charge < -0.3 is 5.11 Å². The van der Waals surface area contributed by atoms with E-state index in [1.165, 1.54) is 5.56 Å². The maximum atomic E-state index is 9.41. The molecule has 0 saturated carbocycles. The number of fused-ring (bicyclic) bond motifs is 1. The lowest BCUT2D eigenvalue weighted by atomic mass is 10.1. The van der Waals surface area contributed by atoms with Gasteiger partial charge in [0.2, 0.25) is 0 Å². The van der Waals surface area contributed by atoms with E-state index < -0.39 is 0 Å². The third-order valence-corrected chi connectivity index (χ3v) is 3.41. The van der Waals surface area contributed by atoms with Crippen molar-refractivity contribution < 1.29 is 5.11 Å². The lowest BCUT2D eigenvalue weighted by Crippen LogP contribution is -1.98. The summed E-state index contributed by atoms with van der Waals surface area (Å²) in [7, 11) is 0. The Bertz CT molecular complexity index is 770. The summed E-state index contributed by atoms with van der Waals surface area (Å²) in [6.45, 7) is 6.56. The molecule has 3 nitrogen and oxygen atoms in total. The van der Waals surface area contributed by atoms with Crippen LogP contribution in [0.3, 0.4) is 0 Å². The van der Waals surface area contributed by atoms with Crippen LogP contribution in [-0.4, -0.2) is 14.9 Å². The molecule has 20 heavy (non-hydrogen) atoms. The summed E-state index contributed by atoms with van der Waals surface area (Å²) >= 11 is 0. The van der Waals surface area contributed by atoms with Crippen molar-refractivity contribution in [1.29, 1.82) is 0 Å². The third kappa shape index (κ3) is 1.97. The standard InChI is InChI=1S/C17H16N2O/c1-3-11-19-17-12(2)5-4-6-15(17)16(18-19)13-7-9-14(20)10-8-13/h3-10,20H,1,11H2,2H3. The monoisotopic (exact) mass is 264 g/mol. The van der Waals surface area contributed by atoms with E-state index in [2.05, 4.69) is 25.6 Å². The van der Waals surface area contributed by atoms with Crippen LogP contribution in [0.2, 0.25) is 0 Å². The van der Waals surface area contributed by atoms with Crippen molar-refractivity contribution in [1.82, 2.24) is 9.78 Å². The first-order chi connectivity index (χ1) is 9.70. The predicted molar refractivity (Wildman–Crippen MR) is 81.8 cm³/mol. The first-order valence-electron chi connectivity index (χ1n) is 6.57. The van der Waals surface area contributed by atoms with Gasteiger partial charge in [-0.2, -0.15) is 5.10 Å². The minimum absolute atomic E-state index is 0.264. The highest BCUT2D eigenvalue weighted by Gasteiger charge is 2.13. The zero-order chi connectivity index (χ0) is 14.1. The van der Waals surface area contributed by atoms with Crippen molar-refractivity contribution in [2.75, 3.05) is 0 Å². The van der Waals surface area contributed by atoms with Crippen molar-refractivity contribution in [2.24, 2.45) is 0 Å². The lowest BCUT2D eigenvalue weighted by Gasteiger charge is -2.01. The molecule has 0 fully saturated rings. The van der Waals surface area contributed by atoms with Gasteiger partial charge in [0.25, 0.3) is 0 Å². The largest absolute Gasteiger partial charge is 0.508 e. The van der Waals surface area contributed by atoms with Crippen LogP contribution in [0.4, 0.5) is 0 Å². The van der Waals surface area contributed by atoms with Gasteiger partial charge in [-0.3, -0.25) is 4.68 Å². The predicted octanol–water partition coefficient (Wildman–Crippen LogP) is 3.90. The van der Waals surface area contributed by atoms with Crippen molar-refractivity contribution in [2.45, 2.75) is 13.5 Å². The number of nitrogens with zero attached hydrogens (tertiary/aromatic N) is 2. The second kappa shape index (κ2) is 4.85. The normalized spacial score (nSPS) is 10.8. The summed E-state index contributed by atoms with van der Waals surface area (Å²) in [5, 5.41) is 15.2. The maximum absolute atomic E-state index is 9.41. The Balaban J connectivity index is 2.28. The van der Waals surface area contributed by atoms with E-state index in [1.54, 1.807) is 12.1 Å². The molecule has 0 amide bonds. The SMILES string of the molecule is C=CCn1nc(-c2ccc(O)cc2)c2cccc(C)c21. The molecule has 1 aromatic heterocycles. The van der Waals surface area contributed by atoms with Crippen LogP contribution in [0.25, 0.3) is 22.2 Å². The maximum Gasteiger partial charge on any atom is 0.115 e. The highest BCUT2D eigenvalue weighted by atomic mass is 16.3. The Labute approximate surface area is 117 Å². The molecule has 0 unspecified atom stereocenters. The number of allylic oxidation sites excluding steroid dienone is 1. The molecule has 0 spiro atoms. The molecule has 0 radical (unpaired) electrons. The van der Waals surface area contributed by atoms with Crippen molar-refractivity contribution in [3.63, 3.8) is 0 Å². The molecule has 3 rings (SSSR count). The van der Waals surface area contributed by atoms with Gasteiger partial charge in [0, 0.05) is 10.9 Å². The van der Waals surface area contributed by atoms with Crippen molar-refractivity contribution in [3.05, 3.63) is 60.7 Å². The summed E-state index contributed by atoms with van der Waals surface area (Å²) in [5.41, 5.74) is 4.27. The van der Waals surface area contributed by atoms with E-state index in [0.29, 0.717) is 6.54 Å². The smallest absolute Gasteiger partial charge is 0.115 e. The molecule has 1 heterocycles. The Kier molecular flexibility index (Phi) is 3.03. The highest BCUT2D eigenvalue weighted by Crippen LogP contribution is 2.30. The average molecular weight is 264 g/mol. The number of aryl methyl sites for hydroxylation is 1. The van der Waals surface area contributed by atoms with Gasteiger partial charge in [0.15, 0.2) is 0 Å². The zero-order valence-electron chi connectivity index (χ0n) is 11.4. The molecule has 0 bridgehead atoms. The summed E-state index contributed by atoms with van der Waals surface area (Å²) < 4.78 is 1.97. The molecule has 0 aliphatic carbocycles. The van der Waals surface area contributed by atoms with Gasteiger partial charge >= 0.3 is 0 Å². The molecule has 2 aromatic carbocycles. The van der Waals surface area contributed by atoms with Gasteiger partial charge in [-0.25, -0.2) is 0 Å². The van der Waals surface area contributed by atoms with Gasteiger partial charge in [-0.05, 0) is 36.8 Å². The van der Waals surface area contributed by atoms with Crippen LogP contribution >= 0.6 is 0 Å². The molecule has 3 aromatic rings. The zero-order valence-corrected chi connectivity index (χ0v) is 11.4. The summed E-state index contributed by atoms with van der Waals surface area (Å²) in [4.78, 5) is 0. The Morgan fingerprint density at radius 2 is 1.95 bits per heavy atom. The first-order valence-corrected chi connectivity index (χ1v) is 6.57. The van der Waals surface area contributed by atoms with E-state index in [1.807, 2.05) is 29.0 Å². The van der Waals surface area contributed by atoms with Crippen molar-refractivity contribution >= 4 is 10.9 Å². The van der Waals surface area contributed by atoms with E-state index in [9.17, 15) is 5.11 Å². The van der Waals surface area contributed by atoms with Crippen LogP contribution in [0.1, 0.15) is 5.56 Å². The minimum atomic E-state index is 0.264. The van der Waals surface area contributed by atoms with Crippen LogP contribution in [0, 0.1) is 6.92 Å². The molecule has 0 saturated heterocycles. The molecule has 0 atom stereocenters. The number of hydrogen-bond donors (Lipinski definition) is 1. The lowest BCUT2D eigenvalue weighted by molar-refractivity contribution is 0.475. The molecule has 100 valence electrons. The number of para-hydroxylation sites is 1. The first kappa shape index (κ1) is 12.5. The molecule has 3 heteroatoms. The van der Waals surface area contributed by atoms with Crippen LogP contribution in [-0.2, 0) is 6.54 Å². The fraction of sp³-hybridized carbons (Fsp3) is 0.118. The summed E-state index contributed by atoms with van der Waals surface area (Å²) in [6.07, 6.45) is 1.85. The van der Waals surface area contributed by atoms with E-state index in [4.69, 9.17) is 5.10 Å². The number of phenols is 1. The number of phenolic OH excluding ortho intramolecular Hbond substituents is 1. The second-order valence-corrected chi connectivity index (χ2v) is 4.84. The topological polar surface area (TPSA) is 38.0 Å². The second-order valence-electron chi connectivity index (χ2n) is 4.84. The van der Waals surface area contributed by atoms with Crippen LogP contribution < -0.4 is 0 Å². The fourth-order valence-corrected chi connectivity index (χ4v) is 2.50. The quantitative estimate of drug-likeness (QED) is 0.728. The molecular formula is C17H16N2O. The molecule has 0 aliphatic rings. The number of rotatable bonds is 3. The van der Waals surface area contributed by atoms with Crippen molar-refractivity contribution in [3.8, 4) is 17.0 Å². The number of benzene rings is 2. The summed E-state index contributed by atoms with van der Waals surface area (Å²) in [5.74, 6) is 0.264. The average Bonchev–Trinajstić information content (AvgIpc) is 2.80. The van der Waals surface area contributed by atoms with Gasteiger partial charge in [0.05, 0.1) is 12.1 Å². The highest BCUT2D eigenvalue weighted by molar-refractivity contribution is 5.95. The number of hydrogen-bond acceptors (Lipinski definition) is 2. The van der Waals surface area contributed by atoms with Gasteiger partial charge in [-0.1, -0.05) is 24.3 Å². The Morgan fingerprint density at radius 3 is 2.65 bits per heavy atom. The molecular weight excluding hydrogens is 248 g/mol. The molecule has 1 N–H and O–H groups in total. The van der Waals surface area contributed by atoms with Gasteiger partial charge in [0.1, 0.15) is 11.4 Å². The molecule has 0 aliphatic heterocycles. The van der Waals surface area contributed by atoms with E-state index >= 15 is 0 Å². The minimum Gasteiger partial charge on any atom is -0.508 e. The summed E-state index contributed by atoms with van der Waals surface area (Å²) in [6, 6.07) is 13.4. The third-order valence-electron chi connectivity index (χ3n) is 3.41. The van der Waals surface area contributed by atoms with Crippen LogP contribution in [0.5, 0.6) is 5.75 Å². The fourth-order valence-electron chi connectivity index (χ4n) is 2.50. The Morgan fingerprint density at radius 1 is 1.20 bits per heavy atom. The van der Waals surface area contributed by atoms with Gasteiger partial charge in [-0.15, -0.1) is 6.58 Å². The van der Waals surface area contributed by atoms with Crippen LogP contribution in [0.15, 0.2) is 55.1 Å². The number of aromatic hydroxyl groups is 1. The van der Waals surface area contributed by atoms with E-state index in [0.717, 1.165) is 22.2 Å². The van der Waals surface area contributed by atoms with E-state index in [-0.39, 0.29) is 5.75 Å².